The molecule has 0 unspecified atom stereocenters. The first-order chi connectivity index (χ1) is 10.1. The van der Waals surface area contributed by atoms with Crippen molar-refractivity contribution in [2.45, 2.75) is 39.7 Å². The molecule has 1 aromatic heterocycles. The van der Waals surface area contributed by atoms with Gasteiger partial charge in [0.2, 0.25) is 0 Å². The van der Waals surface area contributed by atoms with Gasteiger partial charge in [0.25, 0.3) is 0 Å². The lowest BCUT2D eigenvalue weighted by Crippen LogP contribution is -2.36. The summed E-state index contributed by atoms with van der Waals surface area (Å²) in [5, 5.41) is 9.24. The first kappa shape index (κ1) is 14.2. The van der Waals surface area contributed by atoms with E-state index in [1.807, 2.05) is 4.68 Å². The lowest BCUT2D eigenvalue weighted by molar-refractivity contribution is 0.320. The number of rotatable bonds is 1. The van der Waals surface area contributed by atoms with E-state index in [9.17, 15) is 0 Å². The van der Waals surface area contributed by atoms with Crippen LogP contribution < -0.4 is 5.32 Å². The number of piperidine rings is 1. The zero-order valence-electron chi connectivity index (χ0n) is 13.1. The molecule has 0 radical (unpaired) electrons. The van der Waals surface area contributed by atoms with Crippen molar-refractivity contribution in [3.05, 3.63) is 30.0 Å². The number of aromatic nitrogens is 2. The molecule has 0 bridgehead atoms. The number of benzene rings is 1. The third-order valence-corrected chi connectivity index (χ3v) is 4.16. The van der Waals surface area contributed by atoms with Crippen LogP contribution in [0.15, 0.2) is 24.4 Å². The number of nitrogens with one attached hydrogen (secondary N) is 1. The predicted octanol–water partition coefficient (Wildman–Crippen LogP) is 3.36. The molecule has 2 heterocycles. The monoisotopic (exact) mass is 281 g/mol. The maximum Gasteiger partial charge on any atom is 0.0935 e. The van der Waals surface area contributed by atoms with Crippen molar-refractivity contribution in [1.29, 1.82) is 0 Å². The molecular formula is C18H23N3. The third kappa shape index (κ3) is 3.11. The van der Waals surface area contributed by atoms with Crippen molar-refractivity contribution in [3.63, 3.8) is 0 Å². The Hall–Kier alpha value is -1.79. The van der Waals surface area contributed by atoms with Gasteiger partial charge in [0.05, 0.1) is 5.52 Å². The second kappa shape index (κ2) is 5.54. The largest absolute Gasteiger partial charge is 0.315 e. The van der Waals surface area contributed by atoms with E-state index in [0.717, 1.165) is 24.2 Å². The standard InChI is InChI=1S/C18H23N3/c1-14(2)21-12-16-6-5-15(11-17(16)20-21)7-9-18(3)8-4-10-19-13-18/h5-6,11-12,14,19H,4,8,10,13H2,1-3H3/t18-/m0/s1. The fourth-order valence-corrected chi connectivity index (χ4v) is 2.76. The van der Waals surface area contributed by atoms with Gasteiger partial charge in [0, 0.05) is 35.1 Å². The second-order valence-electron chi connectivity index (χ2n) is 6.57. The molecule has 3 rings (SSSR count). The fourth-order valence-electron chi connectivity index (χ4n) is 2.76. The van der Waals surface area contributed by atoms with E-state index in [4.69, 9.17) is 0 Å². The highest BCUT2D eigenvalue weighted by molar-refractivity contribution is 5.79. The first-order valence-electron chi connectivity index (χ1n) is 7.79. The highest BCUT2D eigenvalue weighted by atomic mass is 15.3. The van der Waals surface area contributed by atoms with Gasteiger partial charge in [-0.1, -0.05) is 11.8 Å². The third-order valence-electron chi connectivity index (χ3n) is 4.16. The summed E-state index contributed by atoms with van der Waals surface area (Å²) in [5.41, 5.74) is 2.19. The van der Waals surface area contributed by atoms with Gasteiger partial charge in [-0.2, -0.15) is 5.10 Å². The lowest BCUT2D eigenvalue weighted by Gasteiger charge is -2.28. The Morgan fingerprint density at radius 3 is 2.95 bits per heavy atom. The summed E-state index contributed by atoms with van der Waals surface area (Å²) in [6.07, 6.45) is 4.49. The molecule has 21 heavy (non-hydrogen) atoms. The van der Waals surface area contributed by atoms with E-state index in [1.54, 1.807) is 0 Å². The average molecular weight is 281 g/mol. The van der Waals surface area contributed by atoms with Gasteiger partial charge in [-0.3, -0.25) is 4.68 Å². The minimum atomic E-state index is 0.102. The Morgan fingerprint density at radius 1 is 1.38 bits per heavy atom. The average Bonchev–Trinajstić information content (AvgIpc) is 2.89. The van der Waals surface area contributed by atoms with Gasteiger partial charge < -0.3 is 5.32 Å². The van der Waals surface area contributed by atoms with Crippen molar-refractivity contribution < 1.29 is 0 Å². The number of nitrogens with zero attached hydrogens (tertiary/aromatic N) is 2. The molecule has 0 saturated carbocycles. The summed E-state index contributed by atoms with van der Waals surface area (Å²) in [7, 11) is 0. The molecule has 0 spiro atoms. The topological polar surface area (TPSA) is 29.9 Å². The molecule has 1 N–H and O–H groups in total. The SMILES string of the molecule is CC(C)n1cc2ccc(C#C[C@]3(C)CCCNC3)cc2n1. The zero-order chi connectivity index (χ0) is 14.9. The normalized spacial score (nSPS) is 22.3. The van der Waals surface area contributed by atoms with Gasteiger partial charge in [0.15, 0.2) is 0 Å². The summed E-state index contributed by atoms with van der Waals surface area (Å²) in [4.78, 5) is 0. The summed E-state index contributed by atoms with van der Waals surface area (Å²) in [5.74, 6) is 6.81. The van der Waals surface area contributed by atoms with Crippen LogP contribution in [0.2, 0.25) is 0 Å². The van der Waals surface area contributed by atoms with Crippen LogP contribution in [0.3, 0.4) is 0 Å². The molecule has 110 valence electrons. The number of fused-ring (bicyclic) bond motifs is 1. The van der Waals surface area contributed by atoms with Gasteiger partial charge in [-0.05, 0) is 58.4 Å². The molecule has 1 aromatic carbocycles. The van der Waals surface area contributed by atoms with E-state index in [2.05, 4.69) is 67.4 Å². The van der Waals surface area contributed by atoms with Gasteiger partial charge in [0.1, 0.15) is 0 Å². The number of hydrogen-bond donors (Lipinski definition) is 1. The Balaban J connectivity index is 1.88. The lowest BCUT2D eigenvalue weighted by atomic mass is 9.83. The minimum Gasteiger partial charge on any atom is -0.315 e. The van der Waals surface area contributed by atoms with E-state index in [1.165, 1.54) is 18.2 Å². The van der Waals surface area contributed by atoms with Crippen LogP contribution in [0.25, 0.3) is 10.9 Å². The molecule has 1 aliphatic rings. The number of hydrogen-bond acceptors (Lipinski definition) is 2. The summed E-state index contributed by atoms with van der Waals surface area (Å²) < 4.78 is 2.01. The van der Waals surface area contributed by atoms with Crippen molar-refractivity contribution in [1.82, 2.24) is 15.1 Å². The van der Waals surface area contributed by atoms with Crippen LogP contribution in [0.4, 0.5) is 0 Å². The highest BCUT2D eigenvalue weighted by Crippen LogP contribution is 2.24. The molecule has 0 amide bonds. The molecule has 0 aliphatic carbocycles. The maximum absolute atomic E-state index is 4.62. The molecule has 3 heteroatoms. The summed E-state index contributed by atoms with van der Waals surface area (Å²) in [6, 6.07) is 6.70. The second-order valence-corrected chi connectivity index (χ2v) is 6.57. The molecule has 1 atom stereocenters. The van der Waals surface area contributed by atoms with E-state index >= 15 is 0 Å². The summed E-state index contributed by atoms with van der Waals surface area (Å²) >= 11 is 0. The molecule has 1 aliphatic heterocycles. The van der Waals surface area contributed by atoms with Gasteiger partial charge in [-0.15, -0.1) is 0 Å². The van der Waals surface area contributed by atoms with E-state index < -0.39 is 0 Å². The smallest absolute Gasteiger partial charge is 0.0935 e. The Bertz CT molecular complexity index is 694. The molecule has 1 saturated heterocycles. The van der Waals surface area contributed by atoms with Crippen LogP contribution in [-0.2, 0) is 0 Å². The van der Waals surface area contributed by atoms with Crippen molar-refractivity contribution in [2.24, 2.45) is 5.41 Å². The maximum atomic E-state index is 4.62. The highest BCUT2D eigenvalue weighted by Gasteiger charge is 2.23. The molecule has 3 nitrogen and oxygen atoms in total. The van der Waals surface area contributed by atoms with Crippen molar-refractivity contribution in [3.8, 4) is 11.8 Å². The first-order valence-corrected chi connectivity index (χ1v) is 7.79. The summed E-state index contributed by atoms with van der Waals surface area (Å²) in [6.45, 7) is 8.64. The van der Waals surface area contributed by atoms with Gasteiger partial charge in [-0.25, -0.2) is 0 Å². The van der Waals surface area contributed by atoms with Gasteiger partial charge >= 0.3 is 0 Å². The van der Waals surface area contributed by atoms with Crippen LogP contribution >= 0.6 is 0 Å². The molecule has 2 aromatic rings. The van der Waals surface area contributed by atoms with Crippen LogP contribution in [-0.4, -0.2) is 22.9 Å². The zero-order valence-corrected chi connectivity index (χ0v) is 13.1. The van der Waals surface area contributed by atoms with Crippen LogP contribution in [0.1, 0.15) is 45.2 Å². The fraction of sp³-hybridized carbons (Fsp3) is 0.500. The Morgan fingerprint density at radius 2 is 2.24 bits per heavy atom. The van der Waals surface area contributed by atoms with Crippen LogP contribution in [0, 0.1) is 17.3 Å². The Labute approximate surface area is 126 Å². The van der Waals surface area contributed by atoms with Crippen LogP contribution in [0.5, 0.6) is 0 Å². The minimum absolute atomic E-state index is 0.102. The van der Waals surface area contributed by atoms with Crippen molar-refractivity contribution >= 4 is 10.9 Å². The Kier molecular flexibility index (Phi) is 3.73. The quantitative estimate of drug-likeness (QED) is 0.812. The van der Waals surface area contributed by atoms with E-state index in [-0.39, 0.29) is 5.41 Å². The van der Waals surface area contributed by atoms with E-state index in [0.29, 0.717) is 6.04 Å². The molecular weight excluding hydrogens is 258 g/mol. The molecule has 1 fully saturated rings. The predicted molar refractivity (Wildman–Crippen MR) is 87.2 cm³/mol. The van der Waals surface area contributed by atoms with Crippen molar-refractivity contribution in [2.75, 3.05) is 13.1 Å².